The van der Waals surface area contributed by atoms with Gasteiger partial charge in [-0.15, -0.1) is 0 Å². The minimum atomic E-state index is -0.375. The second-order valence-corrected chi connectivity index (χ2v) is 7.44. The third-order valence-corrected chi connectivity index (χ3v) is 5.15. The summed E-state index contributed by atoms with van der Waals surface area (Å²) in [6, 6.07) is 22.4. The van der Waals surface area contributed by atoms with E-state index in [1.807, 2.05) is 48.8 Å². The molecule has 0 aliphatic carbocycles. The Hall–Kier alpha value is -3.61. The van der Waals surface area contributed by atoms with Crippen LogP contribution in [0.3, 0.4) is 0 Å². The predicted octanol–water partition coefficient (Wildman–Crippen LogP) is 5.21. The minimum absolute atomic E-state index is 0.375. The normalized spacial score (nSPS) is 11.0. The van der Waals surface area contributed by atoms with Crippen molar-refractivity contribution in [2.24, 2.45) is 0 Å². The van der Waals surface area contributed by atoms with Crippen molar-refractivity contribution in [3.05, 3.63) is 84.7 Å². The number of nitrogens with one attached hydrogen (secondary N) is 1. The molecule has 0 bridgehead atoms. The van der Waals surface area contributed by atoms with Gasteiger partial charge in [-0.3, -0.25) is 4.98 Å². The molecule has 2 heterocycles. The minimum Gasteiger partial charge on any atom is -0.365 e. The number of aryl methyl sites for hydroxylation is 1. The van der Waals surface area contributed by atoms with Crippen molar-refractivity contribution in [2.45, 2.75) is 13.2 Å². The van der Waals surface area contributed by atoms with Crippen LogP contribution in [0.4, 0.5) is 5.82 Å². The number of pyridine rings is 1. The molecular weight excluding hydrogens is 400 g/mol. The molecule has 0 fully saturated rings. The Bertz CT molecular complexity index is 1160. The Morgan fingerprint density at radius 1 is 0.781 bits per heavy atom. The van der Waals surface area contributed by atoms with Crippen molar-refractivity contribution < 1.29 is 9.47 Å². The van der Waals surface area contributed by atoms with Gasteiger partial charge in [0.25, 0.3) is 0 Å². The first-order valence-electron chi connectivity index (χ1n) is 10.4. The van der Waals surface area contributed by atoms with E-state index in [1.165, 1.54) is 5.56 Å². The lowest BCUT2D eigenvalue weighted by atomic mass is 10.0. The highest BCUT2D eigenvalue weighted by Gasteiger charge is 2.12. The molecule has 2 aromatic carbocycles. The molecule has 0 aliphatic heterocycles. The van der Waals surface area contributed by atoms with Gasteiger partial charge in [-0.1, -0.05) is 60.2 Å². The maximum Gasteiger partial charge on any atom is 0.173 e. The van der Waals surface area contributed by atoms with Gasteiger partial charge in [0.2, 0.25) is 0 Å². The molecule has 0 aliphatic rings. The van der Waals surface area contributed by atoms with E-state index in [0.29, 0.717) is 18.2 Å². The van der Waals surface area contributed by atoms with Gasteiger partial charge in [0.1, 0.15) is 5.82 Å². The fraction of sp³-hybridized carbons (Fsp3) is 0.192. The van der Waals surface area contributed by atoms with Gasteiger partial charge in [-0.2, -0.15) is 0 Å². The molecular formula is C26H26N4O2. The molecule has 0 saturated carbocycles. The van der Waals surface area contributed by atoms with Gasteiger partial charge in [0.05, 0.1) is 12.2 Å². The Morgan fingerprint density at radius 2 is 1.50 bits per heavy atom. The number of hydrogen-bond acceptors (Lipinski definition) is 6. The van der Waals surface area contributed by atoms with E-state index < -0.39 is 0 Å². The van der Waals surface area contributed by atoms with Crippen LogP contribution >= 0.6 is 0 Å². The molecule has 0 saturated heterocycles. The van der Waals surface area contributed by atoms with Crippen LogP contribution in [0.15, 0.2) is 79.1 Å². The summed E-state index contributed by atoms with van der Waals surface area (Å²) >= 11 is 0. The fourth-order valence-electron chi connectivity index (χ4n) is 3.34. The number of ether oxygens (including phenoxy) is 2. The molecule has 32 heavy (non-hydrogen) atoms. The lowest BCUT2D eigenvalue weighted by molar-refractivity contribution is -0.0914. The number of methoxy groups -OCH3 is 2. The summed E-state index contributed by atoms with van der Waals surface area (Å²) in [4.78, 5) is 14.0. The van der Waals surface area contributed by atoms with Crippen LogP contribution in [0.25, 0.3) is 33.8 Å². The maximum atomic E-state index is 5.29. The van der Waals surface area contributed by atoms with Crippen LogP contribution in [0.1, 0.15) is 5.56 Å². The smallest absolute Gasteiger partial charge is 0.173 e. The van der Waals surface area contributed by atoms with Crippen LogP contribution in [0, 0.1) is 6.92 Å². The summed E-state index contributed by atoms with van der Waals surface area (Å²) in [5.41, 5.74) is 6.02. The Kier molecular flexibility index (Phi) is 6.84. The van der Waals surface area contributed by atoms with Crippen molar-refractivity contribution in [1.29, 1.82) is 0 Å². The molecule has 4 aromatic rings. The van der Waals surface area contributed by atoms with Gasteiger partial charge in [0.15, 0.2) is 12.1 Å². The van der Waals surface area contributed by atoms with Crippen molar-refractivity contribution in [3.63, 3.8) is 0 Å². The average Bonchev–Trinajstić information content (AvgIpc) is 2.85. The number of rotatable bonds is 8. The topological polar surface area (TPSA) is 69.2 Å². The second kappa shape index (κ2) is 10.1. The third-order valence-electron chi connectivity index (χ3n) is 5.15. The van der Waals surface area contributed by atoms with E-state index in [9.17, 15) is 0 Å². The van der Waals surface area contributed by atoms with Gasteiger partial charge >= 0.3 is 0 Å². The van der Waals surface area contributed by atoms with Crippen LogP contribution in [-0.2, 0) is 9.47 Å². The zero-order valence-corrected chi connectivity index (χ0v) is 18.4. The van der Waals surface area contributed by atoms with Crippen LogP contribution in [0.5, 0.6) is 0 Å². The molecule has 162 valence electrons. The van der Waals surface area contributed by atoms with Crippen molar-refractivity contribution in [1.82, 2.24) is 15.0 Å². The number of benzene rings is 2. The quantitative estimate of drug-likeness (QED) is 0.390. The number of hydrogen-bond donors (Lipinski definition) is 1. The van der Waals surface area contributed by atoms with E-state index in [2.05, 4.69) is 47.6 Å². The maximum absolute atomic E-state index is 5.29. The molecule has 6 heteroatoms. The average molecular weight is 427 g/mol. The largest absolute Gasteiger partial charge is 0.365 e. The Morgan fingerprint density at radius 3 is 2.22 bits per heavy atom. The van der Waals surface area contributed by atoms with Crippen LogP contribution < -0.4 is 5.32 Å². The lowest BCUT2D eigenvalue weighted by Crippen LogP contribution is -2.24. The summed E-state index contributed by atoms with van der Waals surface area (Å²) < 4.78 is 10.6. The molecule has 0 atom stereocenters. The van der Waals surface area contributed by atoms with Crippen molar-refractivity contribution >= 4 is 5.82 Å². The summed E-state index contributed by atoms with van der Waals surface area (Å²) in [5.74, 6) is 1.33. The van der Waals surface area contributed by atoms with Gasteiger partial charge in [0, 0.05) is 49.4 Å². The highest BCUT2D eigenvalue weighted by Crippen LogP contribution is 2.27. The van der Waals surface area contributed by atoms with E-state index in [1.54, 1.807) is 14.2 Å². The van der Waals surface area contributed by atoms with Gasteiger partial charge in [-0.25, -0.2) is 9.97 Å². The van der Waals surface area contributed by atoms with Crippen molar-refractivity contribution in [2.75, 3.05) is 26.1 Å². The van der Waals surface area contributed by atoms with Gasteiger partial charge in [-0.05, 0) is 18.6 Å². The van der Waals surface area contributed by atoms with Gasteiger partial charge < -0.3 is 14.8 Å². The first-order chi connectivity index (χ1) is 15.7. The molecule has 2 aromatic heterocycles. The highest BCUT2D eigenvalue weighted by molar-refractivity contribution is 5.72. The fourth-order valence-corrected chi connectivity index (χ4v) is 3.34. The van der Waals surface area contributed by atoms with E-state index >= 15 is 0 Å². The SMILES string of the molecule is COC(CNc1cc(-c2cncc(-c3ccc(C)cc3)c2)nc(-c2ccccc2)n1)OC. The first kappa shape index (κ1) is 21.6. The summed E-state index contributed by atoms with van der Waals surface area (Å²) in [6.07, 6.45) is 3.32. The van der Waals surface area contributed by atoms with E-state index in [4.69, 9.17) is 19.4 Å². The monoisotopic (exact) mass is 426 g/mol. The second-order valence-electron chi connectivity index (χ2n) is 7.44. The number of nitrogens with zero attached hydrogens (tertiary/aromatic N) is 3. The number of anilines is 1. The molecule has 1 N–H and O–H groups in total. The number of aromatic nitrogens is 3. The van der Waals surface area contributed by atoms with Crippen LogP contribution in [-0.4, -0.2) is 42.0 Å². The Balaban J connectivity index is 1.73. The molecule has 0 spiro atoms. The summed E-state index contributed by atoms with van der Waals surface area (Å²) in [7, 11) is 3.22. The molecule has 0 radical (unpaired) electrons. The molecule has 4 rings (SSSR count). The third kappa shape index (κ3) is 5.17. The zero-order chi connectivity index (χ0) is 22.3. The van der Waals surface area contributed by atoms with E-state index in [0.717, 1.165) is 27.9 Å². The summed E-state index contributed by atoms with van der Waals surface area (Å²) in [6.45, 7) is 2.54. The standard InChI is InChI=1S/C26H26N4O2/c1-18-9-11-19(12-10-18)21-13-22(16-27-15-21)23-14-24(28-17-25(31-2)32-3)30-26(29-23)20-7-5-4-6-8-20/h4-16,25H,17H2,1-3H3,(H,28,29,30). The van der Waals surface area contributed by atoms with E-state index in [-0.39, 0.29) is 6.29 Å². The zero-order valence-electron chi connectivity index (χ0n) is 18.4. The predicted molar refractivity (Wildman–Crippen MR) is 127 cm³/mol. The van der Waals surface area contributed by atoms with Crippen LogP contribution in [0.2, 0.25) is 0 Å². The van der Waals surface area contributed by atoms with Crippen molar-refractivity contribution in [3.8, 4) is 33.8 Å². The first-order valence-corrected chi connectivity index (χ1v) is 10.4. The highest BCUT2D eigenvalue weighted by atomic mass is 16.7. The molecule has 0 unspecified atom stereocenters. The Labute approximate surface area is 188 Å². The molecule has 0 amide bonds. The molecule has 6 nitrogen and oxygen atoms in total. The lowest BCUT2D eigenvalue weighted by Gasteiger charge is -2.15. The summed E-state index contributed by atoms with van der Waals surface area (Å²) in [5, 5.41) is 3.30.